The molecule has 3 heterocycles. The van der Waals surface area contributed by atoms with Crippen LogP contribution < -0.4 is 5.73 Å². The number of rotatable bonds is 2. The molecular formula is C15H11N5S. The second-order valence-electron chi connectivity index (χ2n) is 4.59. The number of fused-ring (bicyclic) bond motifs is 1. The van der Waals surface area contributed by atoms with Gasteiger partial charge in [0.1, 0.15) is 0 Å². The van der Waals surface area contributed by atoms with Gasteiger partial charge >= 0.3 is 0 Å². The first-order chi connectivity index (χ1) is 10.3. The Morgan fingerprint density at radius 2 is 2.05 bits per heavy atom. The minimum Gasteiger partial charge on any atom is -0.375 e. The van der Waals surface area contributed by atoms with Gasteiger partial charge in [0.2, 0.25) is 0 Å². The van der Waals surface area contributed by atoms with Crippen molar-refractivity contribution in [2.24, 2.45) is 0 Å². The van der Waals surface area contributed by atoms with E-state index in [-0.39, 0.29) is 0 Å². The highest BCUT2D eigenvalue weighted by Gasteiger charge is 2.12. The molecule has 0 amide bonds. The van der Waals surface area contributed by atoms with Crippen LogP contribution in [0, 0.1) is 0 Å². The summed E-state index contributed by atoms with van der Waals surface area (Å²) in [6.45, 7) is 0. The van der Waals surface area contributed by atoms with Gasteiger partial charge < -0.3 is 5.73 Å². The lowest BCUT2D eigenvalue weighted by atomic mass is 10.1. The molecule has 0 unspecified atom stereocenters. The molecule has 0 fully saturated rings. The summed E-state index contributed by atoms with van der Waals surface area (Å²) >= 11 is 1.47. The van der Waals surface area contributed by atoms with Crippen LogP contribution >= 0.6 is 11.3 Å². The number of nitrogens with two attached hydrogens (primary N) is 1. The van der Waals surface area contributed by atoms with E-state index in [0.29, 0.717) is 5.13 Å². The molecule has 21 heavy (non-hydrogen) atoms. The van der Waals surface area contributed by atoms with E-state index in [1.54, 1.807) is 12.4 Å². The third-order valence-electron chi connectivity index (χ3n) is 3.23. The summed E-state index contributed by atoms with van der Waals surface area (Å²) in [6.07, 6.45) is 7.27. The topological polar surface area (TPSA) is 69.6 Å². The average Bonchev–Trinajstić information content (AvgIpc) is 3.15. The Bertz CT molecular complexity index is 897. The quantitative estimate of drug-likeness (QED) is 0.616. The van der Waals surface area contributed by atoms with Crippen molar-refractivity contribution in [3.63, 3.8) is 0 Å². The van der Waals surface area contributed by atoms with Crippen molar-refractivity contribution in [2.45, 2.75) is 0 Å². The molecule has 0 bridgehead atoms. The van der Waals surface area contributed by atoms with Crippen molar-refractivity contribution in [3.05, 3.63) is 55.1 Å². The molecule has 0 aliphatic heterocycles. The van der Waals surface area contributed by atoms with Gasteiger partial charge in [0.05, 0.1) is 15.9 Å². The SMILES string of the molecule is Nc1nc2cc(-c3cccnc3)cc(-n3cccn3)c2s1. The van der Waals surface area contributed by atoms with Gasteiger partial charge in [0.25, 0.3) is 0 Å². The Balaban J connectivity index is 2.02. The van der Waals surface area contributed by atoms with Crippen molar-refractivity contribution in [1.82, 2.24) is 19.7 Å². The maximum absolute atomic E-state index is 5.87. The zero-order chi connectivity index (χ0) is 14.2. The van der Waals surface area contributed by atoms with E-state index in [4.69, 9.17) is 5.73 Å². The summed E-state index contributed by atoms with van der Waals surface area (Å²) in [5, 5.41) is 4.88. The molecular weight excluding hydrogens is 282 g/mol. The molecule has 0 aliphatic rings. The predicted octanol–water partition coefficient (Wildman–Crippen LogP) is 3.13. The summed E-state index contributed by atoms with van der Waals surface area (Å²) in [4.78, 5) is 8.58. The molecule has 102 valence electrons. The van der Waals surface area contributed by atoms with Crippen LogP contribution in [0.25, 0.3) is 27.0 Å². The molecule has 0 spiro atoms. The second-order valence-corrected chi connectivity index (χ2v) is 5.62. The van der Waals surface area contributed by atoms with Gasteiger partial charge in [-0.05, 0) is 29.8 Å². The number of thiazole rings is 1. The lowest BCUT2D eigenvalue weighted by molar-refractivity contribution is 0.889. The van der Waals surface area contributed by atoms with Gasteiger partial charge in [-0.15, -0.1) is 0 Å². The third-order valence-corrected chi connectivity index (χ3v) is 4.16. The number of nitrogens with zero attached hydrogens (tertiary/aromatic N) is 4. The molecule has 6 heteroatoms. The van der Waals surface area contributed by atoms with Crippen LogP contribution in [0.3, 0.4) is 0 Å². The summed E-state index contributed by atoms with van der Waals surface area (Å²) in [5.74, 6) is 0. The Hall–Kier alpha value is -2.73. The van der Waals surface area contributed by atoms with Gasteiger partial charge in [-0.3, -0.25) is 4.98 Å². The zero-order valence-corrected chi connectivity index (χ0v) is 11.8. The monoisotopic (exact) mass is 293 g/mol. The molecule has 0 radical (unpaired) electrons. The number of hydrogen-bond acceptors (Lipinski definition) is 5. The van der Waals surface area contributed by atoms with Gasteiger partial charge in [-0.2, -0.15) is 5.10 Å². The van der Waals surface area contributed by atoms with Gasteiger partial charge in [-0.1, -0.05) is 17.4 Å². The van der Waals surface area contributed by atoms with E-state index in [1.807, 2.05) is 41.3 Å². The number of hydrogen-bond donors (Lipinski definition) is 1. The summed E-state index contributed by atoms with van der Waals surface area (Å²) < 4.78 is 2.86. The largest absolute Gasteiger partial charge is 0.375 e. The molecule has 1 aromatic carbocycles. The third kappa shape index (κ3) is 2.05. The Labute approximate surface area is 124 Å². The molecule has 2 N–H and O–H groups in total. The number of nitrogen functional groups attached to an aromatic ring is 1. The molecule has 0 saturated carbocycles. The maximum atomic E-state index is 5.87. The Morgan fingerprint density at radius 1 is 1.10 bits per heavy atom. The molecule has 5 nitrogen and oxygen atoms in total. The fourth-order valence-corrected chi connectivity index (χ4v) is 3.13. The lowest BCUT2D eigenvalue weighted by Crippen LogP contribution is -1.95. The van der Waals surface area contributed by atoms with Crippen LogP contribution in [0.4, 0.5) is 5.13 Å². The number of benzene rings is 1. The Morgan fingerprint density at radius 3 is 2.81 bits per heavy atom. The molecule has 0 aliphatic carbocycles. The standard InChI is InChI=1S/C15H11N5S/c16-15-19-12-7-11(10-3-1-4-17-9-10)8-13(14(12)21-15)20-6-2-5-18-20/h1-9H,(H2,16,19). The highest BCUT2D eigenvalue weighted by Crippen LogP contribution is 2.33. The molecule has 4 rings (SSSR count). The molecule has 0 atom stereocenters. The number of anilines is 1. The lowest BCUT2D eigenvalue weighted by Gasteiger charge is -2.07. The summed E-state index contributed by atoms with van der Waals surface area (Å²) in [5.41, 5.74) is 9.81. The van der Waals surface area contributed by atoms with Gasteiger partial charge in [-0.25, -0.2) is 9.67 Å². The zero-order valence-electron chi connectivity index (χ0n) is 11.0. The second kappa shape index (κ2) is 4.68. The van der Waals surface area contributed by atoms with Crippen LogP contribution in [0.15, 0.2) is 55.1 Å². The van der Waals surface area contributed by atoms with Crippen LogP contribution in [0.5, 0.6) is 0 Å². The van der Waals surface area contributed by atoms with E-state index < -0.39 is 0 Å². The Kier molecular flexibility index (Phi) is 2.68. The average molecular weight is 293 g/mol. The molecule has 3 aromatic heterocycles. The smallest absolute Gasteiger partial charge is 0.181 e. The van der Waals surface area contributed by atoms with E-state index in [2.05, 4.69) is 21.1 Å². The fraction of sp³-hybridized carbons (Fsp3) is 0. The van der Waals surface area contributed by atoms with Crippen LogP contribution in [-0.2, 0) is 0 Å². The number of aromatic nitrogens is 4. The van der Waals surface area contributed by atoms with Crippen LogP contribution in [-0.4, -0.2) is 19.7 Å². The van der Waals surface area contributed by atoms with Crippen molar-refractivity contribution in [2.75, 3.05) is 5.73 Å². The highest BCUT2D eigenvalue weighted by molar-refractivity contribution is 7.22. The van der Waals surface area contributed by atoms with Crippen molar-refractivity contribution in [3.8, 4) is 16.8 Å². The van der Waals surface area contributed by atoms with Crippen LogP contribution in [0.1, 0.15) is 0 Å². The number of pyridine rings is 1. The summed E-state index contributed by atoms with van der Waals surface area (Å²) in [7, 11) is 0. The minimum atomic E-state index is 0.557. The predicted molar refractivity (Wildman–Crippen MR) is 84.4 cm³/mol. The fourth-order valence-electron chi connectivity index (χ4n) is 2.31. The van der Waals surface area contributed by atoms with Crippen molar-refractivity contribution < 1.29 is 0 Å². The van der Waals surface area contributed by atoms with Crippen LogP contribution in [0.2, 0.25) is 0 Å². The first-order valence-electron chi connectivity index (χ1n) is 6.42. The minimum absolute atomic E-state index is 0.557. The summed E-state index contributed by atoms with van der Waals surface area (Å²) in [6, 6.07) is 9.96. The normalized spacial score (nSPS) is 11.0. The maximum Gasteiger partial charge on any atom is 0.181 e. The van der Waals surface area contributed by atoms with E-state index >= 15 is 0 Å². The first-order valence-corrected chi connectivity index (χ1v) is 7.23. The molecule has 4 aromatic rings. The van der Waals surface area contributed by atoms with Crippen molar-refractivity contribution in [1.29, 1.82) is 0 Å². The highest BCUT2D eigenvalue weighted by atomic mass is 32.1. The van der Waals surface area contributed by atoms with E-state index in [9.17, 15) is 0 Å². The van der Waals surface area contributed by atoms with E-state index in [0.717, 1.165) is 27.0 Å². The van der Waals surface area contributed by atoms with Gasteiger partial charge in [0, 0.05) is 30.4 Å². The van der Waals surface area contributed by atoms with E-state index in [1.165, 1.54) is 11.3 Å². The first kappa shape index (κ1) is 12.0. The van der Waals surface area contributed by atoms with Gasteiger partial charge in [0.15, 0.2) is 5.13 Å². The van der Waals surface area contributed by atoms with Crippen molar-refractivity contribution >= 4 is 26.7 Å². The molecule has 0 saturated heterocycles.